The maximum Gasteiger partial charge on any atom is 0.252 e. The number of anilines is 1. The number of sulfonamides is 1. The maximum absolute atomic E-state index is 13.7. The summed E-state index contributed by atoms with van der Waals surface area (Å²) in [7, 11) is -4.38. The standard InChI is InChI=1S/C22H16Cl2FN3O4S/c23-15-3-8-18(24)20(10-15)33(31,32)27(13-14-2-1-9-26-12-14)19-11-21(29)28(22(19)30)17-6-4-16(25)5-7-17/h1-10,12,19H,11,13H2. The first-order valence-electron chi connectivity index (χ1n) is 9.66. The number of aromatic nitrogens is 1. The van der Waals surface area contributed by atoms with E-state index in [2.05, 4.69) is 4.98 Å². The first-order chi connectivity index (χ1) is 15.7. The van der Waals surface area contributed by atoms with Crippen LogP contribution >= 0.6 is 23.2 Å². The van der Waals surface area contributed by atoms with Crippen molar-refractivity contribution in [2.75, 3.05) is 4.90 Å². The van der Waals surface area contributed by atoms with Crippen LogP contribution < -0.4 is 4.90 Å². The van der Waals surface area contributed by atoms with Crippen molar-refractivity contribution in [1.82, 2.24) is 9.29 Å². The van der Waals surface area contributed by atoms with Crippen LogP contribution in [0, 0.1) is 5.82 Å². The van der Waals surface area contributed by atoms with Crippen molar-refractivity contribution in [2.24, 2.45) is 0 Å². The average molecular weight is 508 g/mol. The average Bonchev–Trinajstić information content (AvgIpc) is 3.08. The Morgan fingerprint density at radius 3 is 2.48 bits per heavy atom. The molecule has 0 aliphatic carbocycles. The van der Waals surface area contributed by atoms with Crippen molar-refractivity contribution in [1.29, 1.82) is 0 Å². The SMILES string of the molecule is O=C1CC(N(Cc2cccnc2)S(=O)(=O)c2cc(Cl)ccc2Cl)C(=O)N1c1ccc(F)cc1. The van der Waals surface area contributed by atoms with Gasteiger partial charge < -0.3 is 0 Å². The first kappa shape index (κ1) is 23.3. The van der Waals surface area contributed by atoms with Gasteiger partial charge in [0, 0.05) is 24.0 Å². The van der Waals surface area contributed by atoms with Crippen LogP contribution in [0.5, 0.6) is 0 Å². The van der Waals surface area contributed by atoms with Crippen molar-refractivity contribution in [2.45, 2.75) is 23.9 Å². The van der Waals surface area contributed by atoms with Crippen LogP contribution in [0.25, 0.3) is 0 Å². The molecule has 33 heavy (non-hydrogen) atoms. The highest BCUT2D eigenvalue weighted by molar-refractivity contribution is 7.89. The van der Waals surface area contributed by atoms with Crippen LogP contribution in [0.2, 0.25) is 10.0 Å². The summed E-state index contributed by atoms with van der Waals surface area (Å²) in [4.78, 5) is 30.6. The number of pyridine rings is 1. The number of amides is 2. The van der Waals surface area contributed by atoms with Gasteiger partial charge in [0.15, 0.2) is 0 Å². The predicted molar refractivity (Wildman–Crippen MR) is 121 cm³/mol. The molecule has 1 fully saturated rings. The Balaban J connectivity index is 1.78. The molecule has 1 aliphatic rings. The van der Waals surface area contributed by atoms with Crippen LogP contribution in [0.1, 0.15) is 12.0 Å². The van der Waals surface area contributed by atoms with E-state index in [-0.39, 0.29) is 27.2 Å². The van der Waals surface area contributed by atoms with Crippen molar-refractivity contribution in [3.05, 3.63) is 88.4 Å². The molecule has 0 radical (unpaired) electrons. The van der Waals surface area contributed by atoms with Crippen molar-refractivity contribution < 1.29 is 22.4 Å². The van der Waals surface area contributed by atoms with E-state index in [1.165, 1.54) is 42.7 Å². The number of nitrogens with zero attached hydrogens (tertiary/aromatic N) is 3. The summed E-state index contributed by atoms with van der Waals surface area (Å²) in [5.41, 5.74) is 0.646. The zero-order valence-electron chi connectivity index (χ0n) is 16.9. The third kappa shape index (κ3) is 4.63. The van der Waals surface area contributed by atoms with E-state index in [4.69, 9.17) is 23.2 Å². The molecule has 2 aromatic carbocycles. The predicted octanol–water partition coefficient (Wildman–Crippen LogP) is 4.05. The van der Waals surface area contributed by atoms with Crippen LogP contribution in [0.4, 0.5) is 10.1 Å². The Bertz CT molecular complexity index is 1320. The molecule has 1 atom stereocenters. The van der Waals surface area contributed by atoms with Gasteiger partial charge in [-0.3, -0.25) is 14.6 Å². The van der Waals surface area contributed by atoms with E-state index in [1.807, 2.05) is 0 Å². The molecule has 7 nitrogen and oxygen atoms in total. The molecule has 170 valence electrons. The maximum atomic E-state index is 13.7. The van der Waals surface area contributed by atoms with Crippen LogP contribution in [-0.4, -0.2) is 35.6 Å². The number of hydrogen-bond acceptors (Lipinski definition) is 5. The van der Waals surface area contributed by atoms with Crippen molar-refractivity contribution in [3.8, 4) is 0 Å². The van der Waals surface area contributed by atoms with Gasteiger partial charge >= 0.3 is 0 Å². The highest BCUT2D eigenvalue weighted by atomic mass is 35.5. The molecule has 1 aliphatic heterocycles. The number of imide groups is 1. The molecular formula is C22H16Cl2FN3O4S. The zero-order chi connectivity index (χ0) is 23.8. The number of hydrogen-bond donors (Lipinski definition) is 0. The smallest absolute Gasteiger partial charge is 0.252 e. The van der Waals surface area contributed by atoms with Gasteiger partial charge in [0.1, 0.15) is 16.8 Å². The highest BCUT2D eigenvalue weighted by Crippen LogP contribution is 2.34. The van der Waals surface area contributed by atoms with Gasteiger partial charge in [0.05, 0.1) is 17.1 Å². The Labute approximate surface area is 199 Å². The number of rotatable bonds is 6. The van der Waals surface area contributed by atoms with E-state index in [0.717, 1.165) is 21.3 Å². The van der Waals surface area contributed by atoms with E-state index < -0.39 is 40.1 Å². The molecule has 4 rings (SSSR count). The summed E-state index contributed by atoms with van der Waals surface area (Å²) >= 11 is 12.2. The molecule has 1 saturated heterocycles. The fraction of sp³-hybridized carbons (Fsp3) is 0.136. The Morgan fingerprint density at radius 2 is 1.82 bits per heavy atom. The van der Waals surface area contributed by atoms with E-state index in [0.29, 0.717) is 5.56 Å². The zero-order valence-corrected chi connectivity index (χ0v) is 19.2. The Kier molecular flexibility index (Phi) is 6.49. The lowest BCUT2D eigenvalue weighted by atomic mass is 10.2. The van der Waals surface area contributed by atoms with Gasteiger partial charge in [-0.15, -0.1) is 0 Å². The fourth-order valence-corrected chi connectivity index (χ4v) is 5.85. The number of halogens is 3. The first-order valence-corrected chi connectivity index (χ1v) is 11.9. The van der Waals surface area contributed by atoms with Crippen molar-refractivity contribution in [3.63, 3.8) is 0 Å². The number of benzene rings is 2. The summed E-state index contributed by atoms with van der Waals surface area (Å²) < 4.78 is 41.6. The second-order valence-corrected chi connectivity index (χ2v) is 9.95. The van der Waals surface area contributed by atoms with Gasteiger partial charge in [-0.25, -0.2) is 17.7 Å². The van der Waals surface area contributed by atoms with Gasteiger partial charge in [-0.1, -0.05) is 29.3 Å². The van der Waals surface area contributed by atoms with Gasteiger partial charge in [0.25, 0.3) is 5.91 Å². The molecule has 2 heterocycles. The molecule has 3 aromatic rings. The minimum Gasteiger partial charge on any atom is -0.274 e. The Hall–Kier alpha value is -2.85. The second kappa shape index (κ2) is 9.18. The molecule has 11 heteroatoms. The third-order valence-electron chi connectivity index (χ3n) is 5.10. The highest BCUT2D eigenvalue weighted by Gasteiger charge is 2.47. The molecular weight excluding hydrogens is 492 g/mol. The van der Waals surface area contributed by atoms with Crippen LogP contribution in [0.3, 0.4) is 0 Å². The summed E-state index contributed by atoms with van der Waals surface area (Å²) in [6, 6.07) is 10.7. The van der Waals surface area contributed by atoms with Crippen molar-refractivity contribution >= 4 is 50.7 Å². The lowest BCUT2D eigenvalue weighted by molar-refractivity contribution is -0.122. The fourth-order valence-electron chi connectivity index (χ4n) is 3.54. The number of carbonyl (C=O) groups excluding carboxylic acids is 2. The minimum absolute atomic E-state index is 0.0808. The van der Waals surface area contributed by atoms with Crippen LogP contribution in [-0.2, 0) is 26.2 Å². The summed E-state index contributed by atoms with van der Waals surface area (Å²) in [6.07, 6.45) is 2.59. The number of carbonyl (C=O) groups is 2. The molecule has 0 N–H and O–H groups in total. The van der Waals surface area contributed by atoms with E-state index in [9.17, 15) is 22.4 Å². The molecule has 0 bridgehead atoms. The molecule has 1 aromatic heterocycles. The Morgan fingerprint density at radius 1 is 1.09 bits per heavy atom. The monoisotopic (exact) mass is 507 g/mol. The summed E-state index contributed by atoms with van der Waals surface area (Å²) in [5.74, 6) is -1.90. The molecule has 2 amide bonds. The molecule has 0 spiro atoms. The lowest BCUT2D eigenvalue weighted by Gasteiger charge is -2.27. The normalized spacial score (nSPS) is 16.6. The molecule has 1 unspecified atom stereocenters. The largest absolute Gasteiger partial charge is 0.274 e. The second-order valence-electron chi connectivity index (χ2n) is 7.25. The topological polar surface area (TPSA) is 87.6 Å². The minimum atomic E-state index is -4.38. The summed E-state index contributed by atoms with van der Waals surface area (Å²) in [6.45, 7) is -0.236. The van der Waals surface area contributed by atoms with E-state index in [1.54, 1.807) is 12.1 Å². The van der Waals surface area contributed by atoms with Gasteiger partial charge in [-0.05, 0) is 54.1 Å². The lowest BCUT2D eigenvalue weighted by Crippen LogP contribution is -2.45. The van der Waals surface area contributed by atoms with E-state index >= 15 is 0 Å². The quantitative estimate of drug-likeness (QED) is 0.469. The van der Waals surface area contributed by atoms with Gasteiger partial charge in [0.2, 0.25) is 15.9 Å². The summed E-state index contributed by atoms with van der Waals surface area (Å²) in [5, 5.41) is 0.0591. The van der Waals surface area contributed by atoms with Gasteiger partial charge in [-0.2, -0.15) is 4.31 Å². The third-order valence-corrected chi connectivity index (χ3v) is 7.67. The molecule has 0 saturated carbocycles. The van der Waals surface area contributed by atoms with Crippen LogP contribution in [0.15, 0.2) is 71.9 Å².